The number of nitrogens with zero attached hydrogens (tertiary/aromatic N) is 1. The number of halogens is 1. The second-order valence-electron chi connectivity index (χ2n) is 5.80. The molecule has 0 radical (unpaired) electrons. The first-order valence-electron chi connectivity index (χ1n) is 8.04. The summed E-state index contributed by atoms with van der Waals surface area (Å²) in [4.78, 5) is 2.39. The molecule has 0 spiro atoms. The highest BCUT2D eigenvalue weighted by Gasteiger charge is 2.19. The third-order valence-electron chi connectivity index (χ3n) is 4.29. The second kappa shape index (κ2) is 7.77. The molecular weight excluding hydrogens is 326 g/mol. The Hall–Kier alpha value is -1.91. The monoisotopic (exact) mass is 347 g/mol. The molecular formula is C19H22ClNO3. The van der Waals surface area contributed by atoms with Crippen LogP contribution in [0.1, 0.15) is 11.1 Å². The molecule has 0 aliphatic carbocycles. The SMILES string of the molecule is COc1cc2c(cc1OC)CN(CCOc1ccc(Cl)cc1)CC2. The molecule has 0 unspecified atom stereocenters. The van der Waals surface area contributed by atoms with Gasteiger partial charge in [-0.25, -0.2) is 0 Å². The van der Waals surface area contributed by atoms with Crippen molar-refractivity contribution in [1.82, 2.24) is 4.90 Å². The van der Waals surface area contributed by atoms with Gasteiger partial charge < -0.3 is 14.2 Å². The summed E-state index contributed by atoms with van der Waals surface area (Å²) in [6, 6.07) is 11.6. The first-order chi connectivity index (χ1) is 11.7. The van der Waals surface area contributed by atoms with E-state index in [9.17, 15) is 0 Å². The first kappa shape index (κ1) is 16.9. The summed E-state index contributed by atoms with van der Waals surface area (Å²) >= 11 is 5.88. The highest BCUT2D eigenvalue weighted by molar-refractivity contribution is 6.30. The Morgan fingerprint density at radius 3 is 2.33 bits per heavy atom. The maximum absolute atomic E-state index is 5.88. The molecule has 0 saturated carbocycles. The zero-order valence-corrected chi connectivity index (χ0v) is 14.8. The normalized spacial score (nSPS) is 14.1. The average Bonchev–Trinajstić information content (AvgIpc) is 2.62. The number of fused-ring (bicyclic) bond motifs is 1. The second-order valence-corrected chi connectivity index (χ2v) is 6.24. The van der Waals surface area contributed by atoms with Gasteiger partial charge in [0.1, 0.15) is 12.4 Å². The molecule has 5 heteroatoms. The van der Waals surface area contributed by atoms with E-state index in [1.807, 2.05) is 24.3 Å². The lowest BCUT2D eigenvalue weighted by atomic mass is 9.99. The molecule has 2 aromatic carbocycles. The molecule has 128 valence electrons. The van der Waals surface area contributed by atoms with Crippen molar-refractivity contribution in [3.63, 3.8) is 0 Å². The predicted molar refractivity (Wildman–Crippen MR) is 95.5 cm³/mol. The van der Waals surface area contributed by atoms with Crippen LogP contribution in [0.25, 0.3) is 0 Å². The molecule has 0 fully saturated rings. The van der Waals surface area contributed by atoms with Crippen molar-refractivity contribution in [2.75, 3.05) is 33.9 Å². The van der Waals surface area contributed by atoms with Gasteiger partial charge in [0.2, 0.25) is 0 Å². The number of rotatable bonds is 6. The van der Waals surface area contributed by atoms with E-state index in [2.05, 4.69) is 17.0 Å². The fourth-order valence-corrected chi connectivity index (χ4v) is 3.08. The van der Waals surface area contributed by atoms with E-state index < -0.39 is 0 Å². The Morgan fingerprint density at radius 2 is 1.67 bits per heavy atom. The highest BCUT2D eigenvalue weighted by Crippen LogP contribution is 2.33. The number of ether oxygens (including phenoxy) is 3. The number of hydrogen-bond acceptors (Lipinski definition) is 4. The smallest absolute Gasteiger partial charge is 0.161 e. The minimum atomic E-state index is 0.657. The molecule has 0 N–H and O–H groups in total. The molecule has 2 aromatic rings. The zero-order valence-electron chi connectivity index (χ0n) is 14.0. The van der Waals surface area contributed by atoms with Gasteiger partial charge in [-0.3, -0.25) is 4.90 Å². The van der Waals surface area contributed by atoms with Crippen molar-refractivity contribution >= 4 is 11.6 Å². The fraction of sp³-hybridized carbons (Fsp3) is 0.368. The van der Waals surface area contributed by atoms with Gasteiger partial charge in [-0.2, -0.15) is 0 Å². The van der Waals surface area contributed by atoms with E-state index in [4.69, 9.17) is 25.8 Å². The van der Waals surface area contributed by atoms with Crippen LogP contribution in [0.4, 0.5) is 0 Å². The van der Waals surface area contributed by atoms with E-state index in [0.29, 0.717) is 6.61 Å². The summed E-state index contributed by atoms with van der Waals surface area (Å²) in [6.07, 6.45) is 1.01. The highest BCUT2D eigenvalue weighted by atomic mass is 35.5. The number of methoxy groups -OCH3 is 2. The van der Waals surface area contributed by atoms with Crippen LogP contribution in [-0.4, -0.2) is 38.8 Å². The molecule has 1 aliphatic rings. The molecule has 0 aromatic heterocycles. The molecule has 0 amide bonds. The van der Waals surface area contributed by atoms with Gasteiger partial charge >= 0.3 is 0 Å². The molecule has 4 nitrogen and oxygen atoms in total. The van der Waals surface area contributed by atoms with Crippen LogP contribution in [0.5, 0.6) is 17.2 Å². The van der Waals surface area contributed by atoms with Gasteiger partial charge in [0, 0.05) is 24.7 Å². The maximum Gasteiger partial charge on any atom is 0.161 e. The van der Waals surface area contributed by atoms with Crippen LogP contribution in [0.2, 0.25) is 5.02 Å². The molecule has 0 saturated heterocycles. The third kappa shape index (κ3) is 3.94. The zero-order chi connectivity index (χ0) is 16.9. The van der Waals surface area contributed by atoms with Crippen LogP contribution in [0, 0.1) is 0 Å². The molecule has 1 aliphatic heterocycles. The van der Waals surface area contributed by atoms with Gasteiger partial charge in [-0.05, 0) is 53.9 Å². The standard InChI is InChI=1S/C19H22ClNO3/c1-22-18-11-14-7-8-21(13-15(14)12-19(18)23-2)9-10-24-17-5-3-16(20)4-6-17/h3-6,11-12H,7-10,13H2,1-2H3. The summed E-state index contributed by atoms with van der Waals surface area (Å²) in [6.45, 7) is 3.47. The molecule has 3 rings (SSSR count). The van der Waals surface area contributed by atoms with E-state index in [1.165, 1.54) is 11.1 Å². The topological polar surface area (TPSA) is 30.9 Å². The number of benzene rings is 2. The Labute approximate surface area is 147 Å². The summed E-state index contributed by atoms with van der Waals surface area (Å²) in [5.41, 5.74) is 2.63. The minimum Gasteiger partial charge on any atom is -0.493 e. The summed E-state index contributed by atoms with van der Waals surface area (Å²) in [7, 11) is 3.35. The van der Waals surface area contributed by atoms with Crippen LogP contribution in [-0.2, 0) is 13.0 Å². The lowest BCUT2D eigenvalue weighted by molar-refractivity contribution is 0.196. The van der Waals surface area contributed by atoms with E-state index in [1.54, 1.807) is 14.2 Å². The Morgan fingerprint density at radius 1 is 1.00 bits per heavy atom. The summed E-state index contributed by atoms with van der Waals surface area (Å²) in [5, 5.41) is 0.722. The van der Waals surface area contributed by atoms with Crippen molar-refractivity contribution < 1.29 is 14.2 Å². The molecule has 0 atom stereocenters. The Kier molecular flexibility index (Phi) is 5.48. The van der Waals surface area contributed by atoms with Crippen LogP contribution in [0.15, 0.2) is 36.4 Å². The Balaban J connectivity index is 1.57. The van der Waals surface area contributed by atoms with Gasteiger partial charge in [-0.1, -0.05) is 11.6 Å². The van der Waals surface area contributed by atoms with Crippen molar-refractivity contribution in [2.45, 2.75) is 13.0 Å². The van der Waals surface area contributed by atoms with Crippen molar-refractivity contribution in [3.8, 4) is 17.2 Å². The maximum atomic E-state index is 5.88. The third-order valence-corrected chi connectivity index (χ3v) is 4.54. The van der Waals surface area contributed by atoms with Gasteiger partial charge in [0.25, 0.3) is 0 Å². The Bertz CT molecular complexity index is 688. The van der Waals surface area contributed by atoms with Crippen molar-refractivity contribution in [3.05, 3.63) is 52.5 Å². The largest absolute Gasteiger partial charge is 0.493 e. The van der Waals surface area contributed by atoms with Crippen LogP contribution in [0.3, 0.4) is 0 Å². The van der Waals surface area contributed by atoms with Crippen molar-refractivity contribution in [2.24, 2.45) is 0 Å². The van der Waals surface area contributed by atoms with E-state index in [-0.39, 0.29) is 0 Å². The molecule has 1 heterocycles. The summed E-state index contributed by atoms with van der Waals surface area (Å²) in [5.74, 6) is 2.44. The van der Waals surface area contributed by atoms with E-state index in [0.717, 1.165) is 48.3 Å². The fourth-order valence-electron chi connectivity index (χ4n) is 2.96. The quantitative estimate of drug-likeness (QED) is 0.795. The summed E-state index contributed by atoms with van der Waals surface area (Å²) < 4.78 is 16.6. The van der Waals surface area contributed by atoms with E-state index >= 15 is 0 Å². The molecule has 0 bridgehead atoms. The van der Waals surface area contributed by atoms with Gasteiger partial charge in [0.15, 0.2) is 11.5 Å². The minimum absolute atomic E-state index is 0.657. The van der Waals surface area contributed by atoms with Gasteiger partial charge in [-0.15, -0.1) is 0 Å². The number of hydrogen-bond donors (Lipinski definition) is 0. The first-order valence-corrected chi connectivity index (χ1v) is 8.42. The lowest BCUT2D eigenvalue weighted by Crippen LogP contribution is -2.33. The van der Waals surface area contributed by atoms with Crippen LogP contribution >= 0.6 is 11.6 Å². The lowest BCUT2D eigenvalue weighted by Gasteiger charge is -2.29. The van der Waals surface area contributed by atoms with Crippen LogP contribution < -0.4 is 14.2 Å². The average molecular weight is 348 g/mol. The van der Waals surface area contributed by atoms with Gasteiger partial charge in [0.05, 0.1) is 14.2 Å². The predicted octanol–water partition coefficient (Wildman–Crippen LogP) is 3.79. The van der Waals surface area contributed by atoms with Crippen molar-refractivity contribution in [1.29, 1.82) is 0 Å². The molecule has 24 heavy (non-hydrogen) atoms.